The molecule has 2 nitrogen and oxygen atoms in total. The first kappa shape index (κ1) is 6.79. The molecule has 0 aliphatic heterocycles. The Hall–Kier alpha value is -1.33. The summed E-state index contributed by atoms with van der Waals surface area (Å²) in [5, 5.41) is 9.91. The molecular formula is C8H6NO. The maximum absolute atomic E-state index is 9.91. The van der Waals surface area contributed by atoms with Crippen LogP contribution in [0.1, 0.15) is 5.56 Å². The summed E-state index contributed by atoms with van der Waals surface area (Å²) < 4.78 is 0. The van der Waals surface area contributed by atoms with Crippen molar-refractivity contribution in [2.75, 3.05) is 6.61 Å². The second kappa shape index (κ2) is 3.65. The molecule has 0 unspecified atom stereocenters. The summed E-state index contributed by atoms with van der Waals surface area (Å²) in [6.07, 6.45) is 3.30. The minimum Gasteiger partial charge on any atom is -0.265 e. The van der Waals surface area contributed by atoms with Gasteiger partial charge in [-0.15, -0.1) is 0 Å². The first-order valence-corrected chi connectivity index (χ1v) is 2.90. The van der Waals surface area contributed by atoms with Crippen LogP contribution in [0.2, 0.25) is 0 Å². The van der Waals surface area contributed by atoms with Gasteiger partial charge >= 0.3 is 0 Å². The average Bonchev–Trinajstić information content (AvgIpc) is 2.03. The molecule has 2 heteroatoms. The van der Waals surface area contributed by atoms with Gasteiger partial charge < -0.3 is 0 Å². The standard InChI is InChI=1S/C8H6NO/c10-7-1-2-8-3-5-9-6-4-8/h3-6H,7H2. The largest absolute Gasteiger partial charge is 0.265 e. The van der Waals surface area contributed by atoms with Gasteiger partial charge in [0.25, 0.3) is 0 Å². The summed E-state index contributed by atoms with van der Waals surface area (Å²) in [6.45, 7) is -0.345. The monoisotopic (exact) mass is 132 g/mol. The third kappa shape index (κ3) is 1.88. The van der Waals surface area contributed by atoms with Crippen molar-refractivity contribution in [3.63, 3.8) is 0 Å². The highest BCUT2D eigenvalue weighted by Crippen LogP contribution is 1.90. The molecule has 10 heavy (non-hydrogen) atoms. The zero-order valence-corrected chi connectivity index (χ0v) is 5.37. The molecule has 1 rings (SSSR count). The Morgan fingerprint density at radius 2 is 2.10 bits per heavy atom. The van der Waals surface area contributed by atoms with Crippen molar-refractivity contribution in [1.82, 2.24) is 4.98 Å². The van der Waals surface area contributed by atoms with Crippen LogP contribution in [0.5, 0.6) is 0 Å². The molecule has 1 aromatic rings. The van der Waals surface area contributed by atoms with Gasteiger partial charge in [-0.25, -0.2) is 5.11 Å². The van der Waals surface area contributed by atoms with Crippen LogP contribution in [0.3, 0.4) is 0 Å². The Morgan fingerprint density at radius 3 is 2.70 bits per heavy atom. The summed E-state index contributed by atoms with van der Waals surface area (Å²) in [5.41, 5.74) is 0.839. The van der Waals surface area contributed by atoms with E-state index in [0.29, 0.717) is 0 Å². The zero-order valence-electron chi connectivity index (χ0n) is 5.37. The van der Waals surface area contributed by atoms with Gasteiger partial charge in [-0.1, -0.05) is 11.8 Å². The van der Waals surface area contributed by atoms with E-state index in [-0.39, 0.29) is 6.61 Å². The zero-order chi connectivity index (χ0) is 7.23. The molecule has 0 spiro atoms. The maximum Gasteiger partial charge on any atom is 0.143 e. The summed E-state index contributed by atoms with van der Waals surface area (Å²) in [7, 11) is 0. The van der Waals surface area contributed by atoms with Crippen LogP contribution in [0.25, 0.3) is 0 Å². The lowest BCUT2D eigenvalue weighted by Gasteiger charge is -1.83. The van der Waals surface area contributed by atoms with Crippen molar-refractivity contribution in [3.05, 3.63) is 30.1 Å². The average molecular weight is 132 g/mol. The van der Waals surface area contributed by atoms with Gasteiger partial charge in [-0.05, 0) is 12.1 Å². The second-order valence-corrected chi connectivity index (χ2v) is 1.68. The van der Waals surface area contributed by atoms with Crippen molar-refractivity contribution < 1.29 is 5.11 Å². The lowest BCUT2D eigenvalue weighted by Crippen LogP contribution is -1.75. The molecule has 0 N–H and O–H groups in total. The molecule has 1 heterocycles. The number of rotatable bonds is 0. The van der Waals surface area contributed by atoms with Gasteiger partial charge in [0, 0.05) is 18.0 Å². The van der Waals surface area contributed by atoms with Crippen molar-refractivity contribution in [2.24, 2.45) is 0 Å². The molecule has 0 saturated heterocycles. The number of nitrogens with zero attached hydrogens (tertiary/aromatic N) is 1. The quantitative estimate of drug-likeness (QED) is 0.482. The molecular weight excluding hydrogens is 126 g/mol. The van der Waals surface area contributed by atoms with Crippen LogP contribution in [-0.2, 0) is 5.11 Å². The first-order valence-electron chi connectivity index (χ1n) is 2.90. The van der Waals surface area contributed by atoms with E-state index < -0.39 is 0 Å². The smallest absolute Gasteiger partial charge is 0.143 e. The van der Waals surface area contributed by atoms with E-state index in [0.717, 1.165) is 5.56 Å². The predicted octanol–water partition coefficient (Wildman–Crippen LogP) is 0.864. The number of aromatic nitrogens is 1. The molecule has 0 atom stereocenters. The maximum atomic E-state index is 9.91. The fraction of sp³-hybridized carbons (Fsp3) is 0.125. The van der Waals surface area contributed by atoms with Crippen LogP contribution < -0.4 is 0 Å². The van der Waals surface area contributed by atoms with Crippen molar-refractivity contribution in [3.8, 4) is 11.8 Å². The Kier molecular flexibility index (Phi) is 2.48. The molecule has 0 amide bonds. The number of pyridine rings is 1. The van der Waals surface area contributed by atoms with Gasteiger partial charge in [-0.3, -0.25) is 4.98 Å². The summed E-state index contributed by atoms with van der Waals surface area (Å²) >= 11 is 0. The van der Waals surface area contributed by atoms with Crippen LogP contribution in [0.15, 0.2) is 24.5 Å². The first-order chi connectivity index (χ1) is 4.93. The van der Waals surface area contributed by atoms with E-state index >= 15 is 0 Å². The normalized spacial score (nSPS) is 8.10. The molecule has 0 fully saturated rings. The van der Waals surface area contributed by atoms with Crippen LogP contribution in [0.4, 0.5) is 0 Å². The highest BCUT2D eigenvalue weighted by atomic mass is 16.2. The fourth-order valence-corrected chi connectivity index (χ4v) is 0.573. The van der Waals surface area contributed by atoms with Gasteiger partial charge in [0.2, 0.25) is 0 Å². The third-order valence-electron chi connectivity index (χ3n) is 0.985. The Balaban J connectivity index is 2.76. The van der Waals surface area contributed by atoms with Crippen molar-refractivity contribution in [2.45, 2.75) is 0 Å². The predicted molar refractivity (Wildman–Crippen MR) is 36.7 cm³/mol. The highest BCUT2D eigenvalue weighted by molar-refractivity contribution is 5.31. The van der Waals surface area contributed by atoms with Gasteiger partial charge in [-0.2, -0.15) is 0 Å². The third-order valence-corrected chi connectivity index (χ3v) is 0.985. The molecule has 49 valence electrons. The van der Waals surface area contributed by atoms with Crippen LogP contribution in [0, 0.1) is 11.8 Å². The Bertz CT molecular complexity index is 245. The van der Waals surface area contributed by atoms with E-state index in [1.165, 1.54) is 0 Å². The van der Waals surface area contributed by atoms with Gasteiger partial charge in [0.15, 0.2) is 0 Å². The summed E-state index contributed by atoms with van der Waals surface area (Å²) in [6, 6.07) is 3.53. The SMILES string of the molecule is [O]CC#Cc1ccncc1. The number of hydrogen-bond donors (Lipinski definition) is 0. The molecule has 0 saturated carbocycles. The summed E-state index contributed by atoms with van der Waals surface area (Å²) in [5.74, 6) is 5.12. The minimum absolute atomic E-state index is 0.345. The molecule has 1 aromatic heterocycles. The van der Waals surface area contributed by atoms with Crippen LogP contribution >= 0.6 is 0 Å². The van der Waals surface area contributed by atoms with Gasteiger partial charge in [0.1, 0.15) is 6.61 Å². The second-order valence-electron chi connectivity index (χ2n) is 1.68. The number of hydrogen-bond acceptors (Lipinski definition) is 1. The van der Waals surface area contributed by atoms with E-state index in [9.17, 15) is 5.11 Å². The summed E-state index contributed by atoms with van der Waals surface area (Å²) in [4.78, 5) is 3.81. The minimum atomic E-state index is -0.345. The van der Waals surface area contributed by atoms with E-state index in [2.05, 4.69) is 16.8 Å². The van der Waals surface area contributed by atoms with Gasteiger partial charge in [0.05, 0.1) is 0 Å². The molecule has 0 aromatic carbocycles. The Morgan fingerprint density at radius 1 is 1.40 bits per heavy atom. The lowest BCUT2D eigenvalue weighted by atomic mass is 10.3. The highest BCUT2D eigenvalue weighted by Gasteiger charge is 1.79. The lowest BCUT2D eigenvalue weighted by molar-refractivity contribution is 0.239. The van der Waals surface area contributed by atoms with Crippen molar-refractivity contribution >= 4 is 0 Å². The van der Waals surface area contributed by atoms with E-state index in [4.69, 9.17) is 0 Å². The van der Waals surface area contributed by atoms with Crippen LogP contribution in [-0.4, -0.2) is 11.6 Å². The molecule has 0 aliphatic rings. The van der Waals surface area contributed by atoms with Crippen molar-refractivity contribution in [1.29, 1.82) is 0 Å². The topological polar surface area (TPSA) is 32.8 Å². The van der Waals surface area contributed by atoms with E-state index in [1.54, 1.807) is 24.5 Å². The Labute approximate surface area is 59.5 Å². The molecule has 0 aliphatic carbocycles. The molecule has 0 bridgehead atoms. The molecule has 1 radical (unpaired) electrons. The fourth-order valence-electron chi connectivity index (χ4n) is 0.573. The van der Waals surface area contributed by atoms with E-state index in [1.807, 2.05) is 0 Å².